The summed E-state index contributed by atoms with van der Waals surface area (Å²) < 4.78 is 1.81. The van der Waals surface area contributed by atoms with Crippen LogP contribution in [-0.2, 0) is 11.2 Å². The molecule has 0 radical (unpaired) electrons. The van der Waals surface area contributed by atoms with Crippen LogP contribution in [-0.4, -0.2) is 42.8 Å². The smallest absolute Gasteiger partial charge is 0.222 e. The molecular formula is C20H19N7O. The SMILES string of the molecule is O=CC(CNc1nnc(-c2ccccn2)[nH]1)Cc1cnn(-c2ccccc2)c1. The lowest BCUT2D eigenvalue weighted by Crippen LogP contribution is -2.18. The predicted molar refractivity (Wildman–Crippen MR) is 105 cm³/mol. The second-order valence-corrected chi connectivity index (χ2v) is 6.35. The van der Waals surface area contributed by atoms with Crippen molar-refractivity contribution in [2.24, 2.45) is 5.92 Å². The van der Waals surface area contributed by atoms with Gasteiger partial charge in [0.2, 0.25) is 5.95 Å². The lowest BCUT2D eigenvalue weighted by molar-refractivity contribution is -0.110. The highest BCUT2D eigenvalue weighted by molar-refractivity contribution is 5.56. The van der Waals surface area contributed by atoms with Crippen molar-refractivity contribution in [3.8, 4) is 17.2 Å². The maximum Gasteiger partial charge on any atom is 0.222 e. The predicted octanol–water partition coefficient (Wildman–Crippen LogP) is 2.52. The number of anilines is 1. The zero-order valence-corrected chi connectivity index (χ0v) is 15.1. The van der Waals surface area contributed by atoms with Crippen LogP contribution in [0.2, 0.25) is 0 Å². The van der Waals surface area contributed by atoms with Gasteiger partial charge in [0.15, 0.2) is 5.82 Å². The van der Waals surface area contributed by atoms with E-state index in [0.29, 0.717) is 30.4 Å². The minimum absolute atomic E-state index is 0.211. The van der Waals surface area contributed by atoms with Gasteiger partial charge < -0.3 is 15.1 Å². The lowest BCUT2D eigenvalue weighted by Gasteiger charge is -2.09. The largest absolute Gasteiger partial charge is 0.354 e. The Balaban J connectivity index is 1.36. The highest BCUT2D eigenvalue weighted by Gasteiger charge is 2.12. The molecule has 0 saturated carbocycles. The Hall–Kier alpha value is -3.81. The van der Waals surface area contributed by atoms with E-state index < -0.39 is 0 Å². The van der Waals surface area contributed by atoms with Gasteiger partial charge in [0.1, 0.15) is 12.0 Å². The number of aldehydes is 1. The Morgan fingerprint density at radius 3 is 2.75 bits per heavy atom. The van der Waals surface area contributed by atoms with Crippen LogP contribution in [0.15, 0.2) is 67.1 Å². The number of hydrogen-bond acceptors (Lipinski definition) is 6. The van der Waals surface area contributed by atoms with Crippen molar-refractivity contribution in [3.63, 3.8) is 0 Å². The molecule has 0 aliphatic rings. The molecule has 0 saturated heterocycles. The van der Waals surface area contributed by atoms with Crippen LogP contribution in [0, 0.1) is 5.92 Å². The maximum atomic E-state index is 11.5. The molecule has 0 spiro atoms. The molecule has 8 nitrogen and oxygen atoms in total. The number of aromatic nitrogens is 6. The Morgan fingerprint density at radius 1 is 1.11 bits per heavy atom. The first-order valence-electron chi connectivity index (χ1n) is 8.94. The summed E-state index contributed by atoms with van der Waals surface area (Å²) in [6.45, 7) is 0.441. The van der Waals surface area contributed by atoms with Crippen molar-refractivity contribution in [1.82, 2.24) is 29.9 Å². The van der Waals surface area contributed by atoms with Gasteiger partial charge in [-0.15, -0.1) is 10.2 Å². The van der Waals surface area contributed by atoms with E-state index in [9.17, 15) is 4.79 Å². The monoisotopic (exact) mass is 373 g/mol. The number of carbonyl (C=O) groups is 1. The van der Waals surface area contributed by atoms with E-state index in [0.717, 1.165) is 17.5 Å². The summed E-state index contributed by atoms with van der Waals surface area (Å²) in [6.07, 6.45) is 6.97. The van der Waals surface area contributed by atoms with Crippen LogP contribution >= 0.6 is 0 Å². The fourth-order valence-electron chi connectivity index (χ4n) is 2.85. The zero-order valence-electron chi connectivity index (χ0n) is 15.1. The van der Waals surface area contributed by atoms with Crippen LogP contribution in [0.1, 0.15) is 5.56 Å². The molecule has 0 aliphatic heterocycles. The van der Waals surface area contributed by atoms with Crippen LogP contribution in [0.3, 0.4) is 0 Å². The number of nitrogens with zero attached hydrogens (tertiary/aromatic N) is 5. The number of H-pyrrole nitrogens is 1. The van der Waals surface area contributed by atoms with Gasteiger partial charge in [-0.25, -0.2) is 4.68 Å². The average Bonchev–Trinajstić information content (AvgIpc) is 3.42. The van der Waals surface area contributed by atoms with Crippen molar-refractivity contribution >= 4 is 12.2 Å². The molecule has 3 heterocycles. The third kappa shape index (κ3) is 4.12. The third-order valence-electron chi connectivity index (χ3n) is 4.27. The summed E-state index contributed by atoms with van der Waals surface area (Å²) in [5.41, 5.74) is 2.69. The molecule has 8 heteroatoms. The van der Waals surface area contributed by atoms with Crippen LogP contribution < -0.4 is 5.32 Å². The molecule has 0 amide bonds. The van der Waals surface area contributed by atoms with E-state index in [2.05, 4.69) is 30.6 Å². The van der Waals surface area contributed by atoms with Gasteiger partial charge in [0.05, 0.1) is 11.9 Å². The zero-order chi connectivity index (χ0) is 19.2. The summed E-state index contributed by atoms with van der Waals surface area (Å²) in [4.78, 5) is 18.8. The van der Waals surface area contributed by atoms with Gasteiger partial charge in [-0.2, -0.15) is 5.10 Å². The molecular weight excluding hydrogens is 354 g/mol. The van der Waals surface area contributed by atoms with Gasteiger partial charge in [-0.3, -0.25) is 4.98 Å². The fraction of sp³-hybridized carbons (Fsp3) is 0.150. The average molecular weight is 373 g/mol. The van der Waals surface area contributed by atoms with Crippen LogP contribution in [0.25, 0.3) is 17.2 Å². The normalized spacial score (nSPS) is 11.9. The Morgan fingerprint density at radius 2 is 1.96 bits per heavy atom. The molecule has 1 aromatic carbocycles. The molecule has 2 N–H and O–H groups in total. The van der Waals surface area contributed by atoms with Crippen molar-refractivity contribution in [2.45, 2.75) is 6.42 Å². The minimum Gasteiger partial charge on any atom is -0.354 e. The van der Waals surface area contributed by atoms with Crippen molar-refractivity contribution in [3.05, 3.63) is 72.7 Å². The molecule has 4 aromatic rings. The first-order chi connectivity index (χ1) is 13.8. The van der Waals surface area contributed by atoms with Crippen LogP contribution in [0.5, 0.6) is 0 Å². The van der Waals surface area contributed by atoms with E-state index in [1.807, 2.05) is 54.7 Å². The van der Waals surface area contributed by atoms with Crippen molar-refractivity contribution in [2.75, 3.05) is 11.9 Å². The van der Waals surface area contributed by atoms with Gasteiger partial charge >= 0.3 is 0 Å². The Bertz CT molecular complexity index is 1030. The standard InChI is InChI=1S/C20H19N7O/c28-14-16(10-15-12-23-27(13-15)17-6-2-1-3-7-17)11-22-20-24-19(25-26-20)18-8-4-5-9-21-18/h1-9,12-14,16H,10-11H2,(H2,22,24,25,26). The number of aromatic amines is 1. The second-order valence-electron chi connectivity index (χ2n) is 6.35. The number of rotatable bonds is 8. The first kappa shape index (κ1) is 17.6. The lowest BCUT2D eigenvalue weighted by atomic mass is 10.0. The summed E-state index contributed by atoms with van der Waals surface area (Å²) in [6, 6.07) is 15.4. The summed E-state index contributed by atoms with van der Waals surface area (Å²) in [5.74, 6) is 0.874. The third-order valence-corrected chi connectivity index (χ3v) is 4.27. The number of pyridine rings is 1. The van der Waals surface area contributed by atoms with Crippen LogP contribution in [0.4, 0.5) is 5.95 Å². The highest BCUT2D eigenvalue weighted by atomic mass is 16.1. The summed E-state index contributed by atoms with van der Waals surface area (Å²) in [7, 11) is 0. The van der Waals surface area contributed by atoms with Crippen molar-refractivity contribution < 1.29 is 4.79 Å². The van der Waals surface area contributed by atoms with Gasteiger partial charge in [-0.1, -0.05) is 24.3 Å². The van der Waals surface area contributed by atoms with E-state index in [1.165, 1.54) is 0 Å². The number of hydrogen-bond donors (Lipinski definition) is 2. The summed E-state index contributed by atoms with van der Waals surface area (Å²) in [5, 5.41) is 15.6. The second kappa shape index (κ2) is 8.26. The molecule has 4 rings (SSSR count). The first-order valence-corrected chi connectivity index (χ1v) is 8.94. The molecule has 28 heavy (non-hydrogen) atoms. The van der Waals surface area contributed by atoms with Crippen molar-refractivity contribution in [1.29, 1.82) is 0 Å². The Kier molecular flexibility index (Phi) is 5.19. The van der Waals surface area contributed by atoms with E-state index in [4.69, 9.17) is 0 Å². The highest BCUT2D eigenvalue weighted by Crippen LogP contribution is 2.14. The molecule has 140 valence electrons. The minimum atomic E-state index is -0.211. The number of benzene rings is 1. The molecule has 1 unspecified atom stereocenters. The number of para-hydroxylation sites is 1. The number of nitrogens with one attached hydrogen (secondary N) is 2. The quantitative estimate of drug-likeness (QED) is 0.460. The molecule has 0 aliphatic carbocycles. The van der Waals surface area contributed by atoms with E-state index in [1.54, 1.807) is 17.1 Å². The fourth-order valence-corrected chi connectivity index (χ4v) is 2.85. The summed E-state index contributed by atoms with van der Waals surface area (Å²) >= 11 is 0. The molecule has 1 atom stereocenters. The van der Waals surface area contributed by atoms with Gasteiger partial charge in [-0.05, 0) is 36.2 Å². The molecule has 0 bridgehead atoms. The number of carbonyl (C=O) groups excluding carboxylic acids is 1. The van der Waals surface area contributed by atoms with Gasteiger partial charge in [0.25, 0.3) is 0 Å². The molecule has 3 aromatic heterocycles. The van der Waals surface area contributed by atoms with Gasteiger partial charge in [0, 0.05) is 24.9 Å². The van der Waals surface area contributed by atoms with E-state index >= 15 is 0 Å². The van der Waals surface area contributed by atoms with E-state index in [-0.39, 0.29) is 5.92 Å². The Labute approximate surface area is 161 Å². The topological polar surface area (TPSA) is 101 Å². The molecule has 0 fully saturated rings. The maximum absolute atomic E-state index is 11.5.